The van der Waals surface area contributed by atoms with E-state index in [9.17, 15) is 4.79 Å². The summed E-state index contributed by atoms with van der Waals surface area (Å²) in [6.45, 7) is 3.54. The number of rotatable bonds is 1. The Hall–Kier alpha value is -1.44. The summed E-state index contributed by atoms with van der Waals surface area (Å²) in [5.41, 5.74) is 13.1. The number of likely N-dealkylation sites (tertiary alicyclic amines) is 1. The average Bonchev–Trinajstić information content (AvgIpc) is 2.89. The topological polar surface area (TPSA) is 67.6 Å². The molecule has 1 atom stereocenters. The van der Waals surface area contributed by atoms with Gasteiger partial charge in [0.25, 0.3) is 0 Å². The van der Waals surface area contributed by atoms with Gasteiger partial charge < -0.3 is 20.7 Å². The Morgan fingerprint density at radius 3 is 2.73 bits per heavy atom. The molecule has 0 bridgehead atoms. The van der Waals surface area contributed by atoms with Crippen molar-refractivity contribution in [2.24, 2.45) is 0 Å². The van der Waals surface area contributed by atoms with Crippen molar-refractivity contribution in [3.8, 4) is 0 Å². The molecule has 1 fully saturated rings. The van der Waals surface area contributed by atoms with Crippen LogP contribution in [0.3, 0.4) is 0 Å². The summed E-state index contributed by atoms with van der Waals surface area (Å²) in [4.78, 5) is 13.9. The molecule has 0 radical (unpaired) electrons. The number of ether oxygens (including phenoxy) is 1. The molecule has 1 aliphatic carbocycles. The van der Waals surface area contributed by atoms with Crippen LogP contribution in [0.5, 0.6) is 0 Å². The normalized spacial score (nSPS) is 21.1. The number of nitrogens with one attached hydrogen (secondary N) is 1. The van der Waals surface area contributed by atoms with Gasteiger partial charge in [0.2, 0.25) is 0 Å². The molecule has 0 spiro atoms. The highest BCUT2D eigenvalue weighted by molar-refractivity contribution is 9.12. The number of allylic oxidation sites excluding steroid dienone is 2. The van der Waals surface area contributed by atoms with Crippen LogP contribution in [0.2, 0.25) is 5.02 Å². The zero-order chi connectivity index (χ0) is 21.4. The third-order valence-corrected chi connectivity index (χ3v) is 7.90. The third kappa shape index (κ3) is 4.04. The summed E-state index contributed by atoms with van der Waals surface area (Å²) in [5.74, 6) is 0. The van der Waals surface area contributed by atoms with Gasteiger partial charge in [-0.2, -0.15) is 0 Å². The number of fused-ring (bicyclic) bond motifs is 2. The van der Waals surface area contributed by atoms with E-state index in [0.29, 0.717) is 30.4 Å². The summed E-state index contributed by atoms with van der Waals surface area (Å²) in [6, 6.07) is 2.10. The van der Waals surface area contributed by atoms with Gasteiger partial charge in [-0.1, -0.05) is 17.2 Å². The molecule has 1 amide bonds. The number of halogens is 3. The first-order valence-electron chi connectivity index (χ1n) is 10.1. The van der Waals surface area contributed by atoms with E-state index in [1.807, 2.05) is 19.2 Å². The number of benzene rings is 1. The van der Waals surface area contributed by atoms with Crippen molar-refractivity contribution in [2.45, 2.75) is 38.6 Å². The lowest BCUT2D eigenvalue weighted by Crippen LogP contribution is -2.38. The number of nitrogen functional groups attached to an aromatic ring is 1. The van der Waals surface area contributed by atoms with Crippen LogP contribution in [0.4, 0.5) is 10.5 Å². The lowest BCUT2D eigenvalue weighted by atomic mass is 9.84. The highest BCUT2D eigenvalue weighted by atomic mass is 79.9. The Kier molecular flexibility index (Phi) is 6.51. The van der Waals surface area contributed by atoms with Gasteiger partial charge in [-0.25, -0.2) is 4.79 Å². The zero-order valence-corrected chi connectivity index (χ0v) is 20.7. The van der Waals surface area contributed by atoms with Crippen molar-refractivity contribution >= 4 is 60.8 Å². The number of hydrogen-bond donors (Lipinski definition) is 2. The molecule has 160 valence electrons. The second kappa shape index (κ2) is 8.97. The van der Waals surface area contributed by atoms with Crippen LogP contribution < -0.4 is 11.1 Å². The highest BCUT2D eigenvalue weighted by Gasteiger charge is 2.33. The first kappa shape index (κ1) is 21.8. The summed E-state index contributed by atoms with van der Waals surface area (Å²) in [5, 5.41) is 4.15. The number of dihydropyridines is 1. The molecule has 2 heterocycles. The Bertz CT molecular complexity index is 977. The van der Waals surface area contributed by atoms with Gasteiger partial charge >= 0.3 is 6.09 Å². The SMILES string of the molecule is CCOC(=O)N1CCC(=C2c3cc(N)c(Cl)c(Br)c3CCC3=CC(Br)=CNC32)CC1. The molecule has 30 heavy (non-hydrogen) atoms. The Balaban J connectivity index is 1.79. The van der Waals surface area contributed by atoms with Crippen molar-refractivity contribution in [3.05, 3.63) is 54.6 Å². The fraction of sp³-hybridized carbons (Fsp3) is 0.409. The van der Waals surface area contributed by atoms with Crippen LogP contribution in [-0.2, 0) is 11.2 Å². The van der Waals surface area contributed by atoms with Gasteiger partial charge in [0.05, 0.1) is 23.4 Å². The van der Waals surface area contributed by atoms with Crippen molar-refractivity contribution in [2.75, 3.05) is 25.4 Å². The molecule has 1 aromatic carbocycles. The molecule has 1 saturated heterocycles. The smallest absolute Gasteiger partial charge is 0.409 e. The van der Waals surface area contributed by atoms with E-state index in [2.05, 4.69) is 43.3 Å². The molecular formula is C22H24Br2ClN3O2. The fourth-order valence-electron chi connectivity index (χ4n) is 4.49. The Morgan fingerprint density at radius 2 is 2.03 bits per heavy atom. The van der Waals surface area contributed by atoms with E-state index >= 15 is 0 Å². The largest absolute Gasteiger partial charge is 0.450 e. The molecule has 3 N–H and O–H groups in total. The molecule has 8 heteroatoms. The molecule has 0 saturated carbocycles. The van der Waals surface area contributed by atoms with Crippen LogP contribution in [-0.4, -0.2) is 36.7 Å². The number of piperidine rings is 1. The van der Waals surface area contributed by atoms with Crippen molar-refractivity contribution in [3.63, 3.8) is 0 Å². The van der Waals surface area contributed by atoms with Crippen LogP contribution in [0.25, 0.3) is 5.57 Å². The molecule has 3 aliphatic rings. The number of anilines is 1. The van der Waals surface area contributed by atoms with E-state index in [-0.39, 0.29) is 12.1 Å². The van der Waals surface area contributed by atoms with E-state index in [4.69, 9.17) is 22.1 Å². The number of amides is 1. The Morgan fingerprint density at radius 1 is 1.30 bits per heavy atom. The van der Waals surface area contributed by atoms with Crippen LogP contribution >= 0.6 is 43.5 Å². The van der Waals surface area contributed by atoms with Gasteiger partial charge in [-0.15, -0.1) is 0 Å². The highest BCUT2D eigenvalue weighted by Crippen LogP contribution is 2.45. The zero-order valence-electron chi connectivity index (χ0n) is 16.7. The second-order valence-electron chi connectivity index (χ2n) is 7.67. The van der Waals surface area contributed by atoms with Crippen LogP contribution in [0.15, 0.2) is 38.4 Å². The number of hydrogen-bond acceptors (Lipinski definition) is 4. The first-order chi connectivity index (χ1) is 14.4. The summed E-state index contributed by atoms with van der Waals surface area (Å²) in [6.07, 6.45) is 7.41. The van der Waals surface area contributed by atoms with Crippen LogP contribution in [0.1, 0.15) is 37.3 Å². The maximum Gasteiger partial charge on any atom is 0.409 e. The van der Waals surface area contributed by atoms with E-state index in [1.165, 1.54) is 22.3 Å². The predicted molar refractivity (Wildman–Crippen MR) is 129 cm³/mol. The molecule has 0 aromatic heterocycles. The number of nitrogens with two attached hydrogens (primary N) is 1. The van der Waals surface area contributed by atoms with E-state index in [1.54, 1.807) is 4.90 Å². The van der Waals surface area contributed by atoms with Crippen molar-refractivity contribution in [1.82, 2.24) is 10.2 Å². The molecular weight excluding hydrogens is 534 g/mol. The second-order valence-corrected chi connectivity index (χ2v) is 9.76. The quantitative estimate of drug-likeness (QED) is 0.430. The van der Waals surface area contributed by atoms with Gasteiger partial charge in [0, 0.05) is 28.2 Å². The average molecular weight is 558 g/mol. The summed E-state index contributed by atoms with van der Waals surface area (Å²) >= 11 is 13.8. The van der Waals surface area contributed by atoms with E-state index in [0.717, 1.165) is 40.2 Å². The Labute approximate surface area is 198 Å². The minimum atomic E-state index is -0.232. The van der Waals surface area contributed by atoms with Crippen molar-refractivity contribution in [1.29, 1.82) is 0 Å². The lowest BCUT2D eigenvalue weighted by molar-refractivity contribution is 0.104. The molecule has 1 aromatic rings. The summed E-state index contributed by atoms with van der Waals surface area (Å²) in [7, 11) is 0. The molecule has 4 rings (SSSR count). The first-order valence-corrected chi connectivity index (χ1v) is 12.1. The monoisotopic (exact) mass is 555 g/mol. The van der Waals surface area contributed by atoms with Gasteiger partial charge in [0.15, 0.2) is 0 Å². The third-order valence-electron chi connectivity index (χ3n) is 5.93. The minimum absolute atomic E-state index is 0.0872. The maximum absolute atomic E-state index is 12.1. The number of carbonyl (C=O) groups is 1. The van der Waals surface area contributed by atoms with Gasteiger partial charge in [-0.3, -0.25) is 0 Å². The molecule has 1 unspecified atom stereocenters. The minimum Gasteiger partial charge on any atom is -0.450 e. The van der Waals surface area contributed by atoms with Crippen LogP contribution in [0, 0.1) is 0 Å². The van der Waals surface area contributed by atoms with Crippen molar-refractivity contribution < 1.29 is 9.53 Å². The molecule has 5 nitrogen and oxygen atoms in total. The predicted octanol–water partition coefficient (Wildman–Crippen LogP) is 5.77. The summed E-state index contributed by atoms with van der Waals surface area (Å²) < 4.78 is 7.10. The van der Waals surface area contributed by atoms with E-state index < -0.39 is 0 Å². The standard InChI is InChI=1S/C22H24Br2ClN3O2/c1-2-30-22(29)28-7-5-12(6-8-28)18-16-10-17(26)20(25)19(24)15(16)4-3-13-9-14(23)11-27-21(13)18/h9-11,21,27H,2-8,26H2,1H3. The van der Waals surface area contributed by atoms with Gasteiger partial charge in [-0.05, 0) is 98.9 Å². The maximum atomic E-state index is 12.1. The number of nitrogens with zero attached hydrogens (tertiary/aromatic N) is 1. The lowest BCUT2D eigenvalue weighted by Gasteiger charge is -2.33. The van der Waals surface area contributed by atoms with Gasteiger partial charge in [0.1, 0.15) is 0 Å². The fourth-order valence-corrected chi connectivity index (χ4v) is 5.72. The molecule has 2 aliphatic heterocycles. The number of carbonyl (C=O) groups excluding carboxylic acids is 1.